The van der Waals surface area contributed by atoms with Gasteiger partial charge < -0.3 is 14.9 Å². The fraction of sp³-hybridized carbons (Fsp3) is 0.421. The van der Waals surface area contributed by atoms with E-state index in [0.717, 1.165) is 54.6 Å². The number of aliphatic carboxylic acids is 1. The highest BCUT2D eigenvalue weighted by Crippen LogP contribution is 2.24. The molecule has 132 valence electrons. The summed E-state index contributed by atoms with van der Waals surface area (Å²) in [6, 6.07) is 4.39. The van der Waals surface area contributed by atoms with E-state index in [1.807, 2.05) is 19.9 Å². The third-order valence-corrected chi connectivity index (χ3v) is 4.51. The highest BCUT2D eigenvalue weighted by molar-refractivity contribution is 5.96. The number of benzene rings is 1. The molecule has 2 N–H and O–H groups in total. The summed E-state index contributed by atoms with van der Waals surface area (Å²) >= 11 is 0. The first kappa shape index (κ1) is 17.2. The molecule has 25 heavy (non-hydrogen) atoms. The molecular weight excluding hydrogens is 320 g/mol. The lowest BCUT2D eigenvalue weighted by Crippen LogP contribution is -2.34. The van der Waals surface area contributed by atoms with Gasteiger partial charge in [0.1, 0.15) is 5.76 Å². The van der Waals surface area contributed by atoms with Gasteiger partial charge in [0.15, 0.2) is 11.7 Å². The Morgan fingerprint density at radius 2 is 1.80 bits per heavy atom. The number of aryl methyl sites for hydroxylation is 3. The van der Waals surface area contributed by atoms with Gasteiger partial charge in [-0.25, -0.2) is 4.79 Å². The van der Waals surface area contributed by atoms with Crippen molar-refractivity contribution < 1.29 is 19.2 Å². The van der Waals surface area contributed by atoms with Crippen LogP contribution in [-0.4, -0.2) is 22.1 Å². The van der Waals surface area contributed by atoms with E-state index in [1.54, 1.807) is 12.1 Å². The van der Waals surface area contributed by atoms with E-state index in [-0.39, 0.29) is 5.69 Å². The number of fused-ring (bicyclic) bond motifs is 1. The molecule has 0 radical (unpaired) electrons. The first-order valence-electron chi connectivity index (χ1n) is 8.55. The van der Waals surface area contributed by atoms with E-state index in [9.17, 15) is 14.7 Å². The summed E-state index contributed by atoms with van der Waals surface area (Å²) in [6.07, 6.45) is 4.60. The van der Waals surface area contributed by atoms with Crippen molar-refractivity contribution in [2.75, 3.05) is 0 Å². The molecule has 0 saturated heterocycles. The van der Waals surface area contributed by atoms with E-state index in [1.165, 1.54) is 0 Å². The number of amides is 1. The summed E-state index contributed by atoms with van der Waals surface area (Å²) in [6.45, 7) is 3.80. The average Bonchev–Trinajstić information content (AvgIpc) is 2.80. The number of carbonyl (C=O) groups is 2. The van der Waals surface area contributed by atoms with Crippen LogP contribution in [0.1, 0.15) is 63.8 Å². The standard InChI is InChI=1S/C19H22N2O4/c1-11-8-12(2)10-13(9-11)16(19(23)24)20-18(22)17-14-6-4-3-5-7-15(14)25-21-17/h8-10,16H,3-7H2,1-2H3,(H,20,22)(H,23,24). The van der Waals surface area contributed by atoms with Gasteiger partial charge in [0.05, 0.1) is 0 Å². The number of rotatable bonds is 4. The van der Waals surface area contributed by atoms with Crippen LogP contribution in [0.2, 0.25) is 0 Å². The maximum atomic E-state index is 12.7. The molecule has 1 aliphatic rings. The SMILES string of the molecule is Cc1cc(C)cc(C(NC(=O)c2noc3c2CCCCC3)C(=O)O)c1. The van der Waals surface area contributed by atoms with Crippen molar-refractivity contribution in [3.05, 3.63) is 51.9 Å². The monoisotopic (exact) mass is 342 g/mol. The maximum Gasteiger partial charge on any atom is 0.330 e. The molecule has 1 amide bonds. The van der Waals surface area contributed by atoms with Crippen LogP contribution in [0, 0.1) is 13.8 Å². The second-order valence-corrected chi connectivity index (χ2v) is 6.66. The van der Waals surface area contributed by atoms with Crippen molar-refractivity contribution in [3.63, 3.8) is 0 Å². The Morgan fingerprint density at radius 1 is 1.12 bits per heavy atom. The molecule has 0 aliphatic heterocycles. The lowest BCUT2D eigenvalue weighted by molar-refractivity contribution is -0.139. The fourth-order valence-electron chi connectivity index (χ4n) is 3.40. The summed E-state index contributed by atoms with van der Waals surface area (Å²) in [5.74, 6) is -0.854. The first-order chi connectivity index (χ1) is 12.0. The largest absolute Gasteiger partial charge is 0.479 e. The highest BCUT2D eigenvalue weighted by Gasteiger charge is 2.28. The highest BCUT2D eigenvalue weighted by atomic mass is 16.5. The van der Waals surface area contributed by atoms with Gasteiger partial charge in [-0.05, 0) is 38.7 Å². The Kier molecular flexibility index (Phi) is 4.88. The van der Waals surface area contributed by atoms with Gasteiger partial charge in [-0.1, -0.05) is 40.9 Å². The molecule has 6 nitrogen and oxygen atoms in total. The van der Waals surface area contributed by atoms with Gasteiger partial charge in [-0.2, -0.15) is 0 Å². The van der Waals surface area contributed by atoms with E-state index < -0.39 is 17.9 Å². The zero-order valence-electron chi connectivity index (χ0n) is 14.5. The molecule has 1 atom stereocenters. The molecule has 3 rings (SSSR count). The summed E-state index contributed by atoms with van der Waals surface area (Å²) in [7, 11) is 0. The van der Waals surface area contributed by atoms with Gasteiger partial charge >= 0.3 is 5.97 Å². The number of carbonyl (C=O) groups excluding carboxylic acids is 1. The number of carboxylic acids is 1. The van der Waals surface area contributed by atoms with Crippen LogP contribution in [0.5, 0.6) is 0 Å². The summed E-state index contributed by atoms with van der Waals surface area (Å²) < 4.78 is 5.32. The number of hydrogen-bond acceptors (Lipinski definition) is 4. The van der Waals surface area contributed by atoms with E-state index in [0.29, 0.717) is 5.56 Å². The minimum Gasteiger partial charge on any atom is -0.479 e. The zero-order chi connectivity index (χ0) is 18.0. The molecule has 0 spiro atoms. The van der Waals surface area contributed by atoms with Crippen LogP contribution >= 0.6 is 0 Å². The Labute approximate surface area is 146 Å². The minimum atomic E-state index is -1.12. The molecule has 2 aromatic rings. The molecule has 1 aromatic heterocycles. The quantitative estimate of drug-likeness (QED) is 0.833. The van der Waals surface area contributed by atoms with E-state index in [2.05, 4.69) is 10.5 Å². The van der Waals surface area contributed by atoms with Gasteiger partial charge in [0, 0.05) is 12.0 Å². The minimum absolute atomic E-state index is 0.215. The third kappa shape index (κ3) is 3.73. The Balaban J connectivity index is 1.87. The second kappa shape index (κ2) is 7.09. The third-order valence-electron chi connectivity index (χ3n) is 4.51. The van der Waals surface area contributed by atoms with Crippen molar-refractivity contribution in [2.24, 2.45) is 0 Å². The van der Waals surface area contributed by atoms with Crippen LogP contribution in [0.4, 0.5) is 0 Å². The number of aromatic nitrogens is 1. The second-order valence-electron chi connectivity index (χ2n) is 6.66. The van der Waals surface area contributed by atoms with E-state index >= 15 is 0 Å². The Hall–Kier alpha value is -2.63. The smallest absolute Gasteiger partial charge is 0.330 e. The Morgan fingerprint density at radius 3 is 2.48 bits per heavy atom. The van der Waals surface area contributed by atoms with Crippen LogP contribution in [0.15, 0.2) is 22.7 Å². The normalized spacial score (nSPS) is 15.1. The molecule has 1 unspecified atom stereocenters. The number of nitrogens with zero attached hydrogens (tertiary/aromatic N) is 1. The predicted octanol–water partition coefficient (Wildman–Crippen LogP) is 3.12. The molecular formula is C19H22N2O4. The zero-order valence-corrected chi connectivity index (χ0v) is 14.5. The van der Waals surface area contributed by atoms with Gasteiger partial charge in [-0.15, -0.1) is 0 Å². The molecule has 1 heterocycles. The summed E-state index contributed by atoms with van der Waals surface area (Å²) in [5.41, 5.74) is 3.48. The fourth-order valence-corrected chi connectivity index (χ4v) is 3.40. The summed E-state index contributed by atoms with van der Waals surface area (Å²) in [4.78, 5) is 24.4. The lowest BCUT2D eigenvalue weighted by atomic mass is 10.0. The topological polar surface area (TPSA) is 92.4 Å². The van der Waals surface area contributed by atoms with Crippen LogP contribution in [-0.2, 0) is 17.6 Å². The van der Waals surface area contributed by atoms with Crippen molar-refractivity contribution in [2.45, 2.75) is 52.0 Å². The van der Waals surface area contributed by atoms with E-state index in [4.69, 9.17) is 4.52 Å². The lowest BCUT2D eigenvalue weighted by Gasteiger charge is -2.16. The van der Waals surface area contributed by atoms with Gasteiger partial charge in [0.25, 0.3) is 5.91 Å². The van der Waals surface area contributed by atoms with Gasteiger partial charge in [-0.3, -0.25) is 4.79 Å². The van der Waals surface area contributed by atoms with Crippen LogP contribution < -0.4 is 5.32 Å². The molecule has 6 heteroatoms. The Bertz CT molecular complexity index is 790. The average molecular weight is 342 g/mol. The van der Waals surface area contributed by atoms with Crippen LogP contribution in [0.3, 0.4) is 0 Å². The molecule has 1 aromatic carbocycles. The number of hydrogen-bond donors (Lipinski definition) is 2. The summed E-state index contributed by atoms with van der Waals surface area (Å²) in [5, 5.41) is 16.1. The van der Waals surface area contributed by atoms with Crippen molar-refractivity contribution >= 4 is 11.9 Å². The van der Waals surface area contributed by atoms with Crippen molar-refractivity contribution in [1.29, 1.82) is 0 Å². The number of carboxylic acid groups (broad SMARTS) is 1. The molecule has 1 aliphatic carbocycles. The first-order valence-corrected chi connectivity index (χ1v) is 8.55. The van der Waals surface area contributed by atoms with Gasteiger partial charge in [0.2, 0.25) is 0 Å². The number of nitrogens with one attached hydrogen (secondary N) is 1. The van der Waals surface area contributed by atoms with Crippen LogP contribution in [0.25, 0.3) is 0 Å². The molecule has 0 fully saturated rings. The molecule has 0 saturated carbocycles. The van der Waals surface area contributed by atoms with Crippen molar-refractivity contribution in [1.82, 2.24) is 10.5 Å². The maximum absolute atomic E-state index is 12.7. The molecule has 0 bridgehead atoms. The van der Waals surface area contributed by atoms with Crippen molar-refractivity contribution in [3.8, 4) is 0 Å². The predicted molar refractivity (Wildman–Crippen MR) is 91.5 cm³/mol.